The summed E-state index contributed by atoms with van der Waals surface area (Å²) in [6.07, 6.45) is 0. The lowest BCUT2D eigenvalue weighted by molar-refractivity contribution is 0.0940. The molecule has 0 spiro atoms. The number of benzene rings is 2. The average molecular weight is 395 g/mol. The number of rotatable bonds is 8. The predicted octanol–water partition coefficient (Wildman–Crippen LogP) is 4.33. The van der Waals surface area contributed by atoms with Crippen LogP contribution in [0, 0.1) is 6.92 Å². The van der Waals surface area contributed by atoms with Gasteiger partial charge in [0.25, 0.3) is 11.8 Å². The summed E-state index contributed by atoms with van der Waals surface area (Å²) in [7, 11) is 0. The first-order valence-corrected chi connectivity index (χ1v) is 9.63. The molecule has 1 heterocycles. The Balaban J connectivity index is 1.70. The Kier molecular flexibility index (Phi) is 6.49. The first kappa shape index (κ1) is 20.4. The fourth-order valence-electron chi connectivity index (χ4n) is 2.88. The summed E-state index contributed by atoms with van der Waals surface area (Å²) in [5.74, 6) is 2.20. The highest BCUT2D eigenvalue weighted by molar-refractivity contribution is 5.94. The molecule has 7 nitrogen and oxygen atoms in total. The lowest BCUT2D eigenvalue weighted by atomic mass is 10.1. The second-order valence-electron chi connectivity index (χ2n) is 6.49. The second kappa shape index (κ2) is 9.23. The molecule has 152 valence electrons. The zero-order valence-corrected chi connectivity index (χ0v) is 17.1. The van der Waals surface area contributed by atoms with E-state index in [1.165, 1.54) is 0 Å². The van der Waals surface area contributed by atoms with E-state index in [-0.39, 0.29) is 11.9 Å². The summed E-state index contributed by atoms with van der Waals surface area (Å²) in [4.78, 5) is 16.8. The Hall–Kier alpha value is -3.35. The van der Waals surface area contributed by atoms with E-state index in [2.05, 4.69) is 15.5 Å². The molecule has 0 bridgehead atoms. The highest BCUT2D eigenvalue weighted by Gasteiger charge is 2.15. The lowest BCUT2D eigenvalue weighted by Crippen LogP contribution is -2.26. The van der Waals surface area contributed by atoms with E-state index < -0.39 is 0 Å². The third-order valence-corrected chi connectivity index (χ3v) is 4.34. The molecule has 0 saturated heterocycles. The topological polar surface area (TPSA) is 86.5 Å². The van der Waals surface area contributed by atoms with Crippen LogP contribution in [0.1, 0.15) is 48.6 Å². The zero-order chi connectivity index (χ0) is 20.8. The Morgan fingerprint density at radius 2 is 1.76 bits per heavy atom. The molecule has 0 aliphatic rings. The van der Waals surface area contributed by atoms with E-state index in [4.69, 9.17) is 14.0 Å². The van der Waals surface area contributed by atoms with E-state index in [1.807, 2.05) is 39.0 Å². The average Bonchev–Trinajstić information content (AvgIpc) is 3.16. The van der Waals surface area contributed by atoms with Crippen LogP contribution in [0.3, 0.4) is 0 Å². The molecule has 1 amide bonds. The number of aryl methyl sites for hydroxylation is 1. The van der Waals surface area contributed by atoms with Crippen molar-refractivity contribution >= 4 is 5.91 Å². The van der Waals surface area contributed by atoms with Gasteiger partial charge in [0.15, 0.2) is 17.3 Å². The van der Waals surface area contributed by atoms with Crippen LogP contribution < -0.4 is 14.8 Å². The normalized spacial score (nSPS) is 11.7. The number of carbonyl (C=O) groups is 1. The highest BCUT2D eigenvalue weighted by Crippen LogP contribution is 2.31. The molecular formula is C22H25N3O4. The van der Waals surface area contributed by atoms with Crippen molar-refractivity contribution in [3.05, 3.63) is 59.4 Å². The van der Waals surface area contributed by atoms with Crippen molar-refractivity contribution in [2.24, 2.45) is 0 Å². The maximum absolute atomic E-state index is 12.6. The lowest BCUT2D eigenvalue weighted by Gasteiger charge is -2.17. The van der Waals surface area contributed by atoms with Crippen molar-refractivity contribution in [2.75, 3.05) is 13.2 Å². The van der Waals surface area contributed by atoms with Gasteiger partial charge in [0.1, 0.15) is 0 Å². The van der Waals surface area contributed by atoms with Gasteiger partial charge in [-0.2, -0.15) is 4.98 Å². The number of hydrogen-bond acceptors (Lipinski definition) is 6. The Morgan fingerprint density at radius 1 is 1.07 bits per heavy atom. The van der Waals surface area contributed by atoms with Crippen LogP contribution in [0.25, 0.3) is 11.5 Å². The molecule has 0 fully saturated rings. The Morgan fingerprint density at radius 3 is 2.38 bits per heavy atom. The first-order valence-electron chi connectivity index (χ1n) is 9.63. The van der Waals surface area contributed by atoms with Crippen molar-refractivity contribution in [3.8, 4) is 23.0 Å². The van der Waals surface area contributed by atoms with Gasteiger partial charge in [-0.15, -0.1) is 0 Å². The number of aromatic nitrogens is 2. The molecule has 1 atom stereocenters. The summed E-state index contributed by atoms with van der Waals surface area (Å²) >= 11 is 0. The van der Waals surface area contributed by atoms with Crippen molar-refractivity contribution in [3.63, 3.8) is 0 Å². The first-order chi connectivity index (χ1) is 14.0. The number of nitrogens with zero attached hydrogens (tertiary/aromatic N) is 2. The Labute approximate surface area is 170 Å². The summed E-state index contributed by atoms with van der Waals surface area (Å²) < 4.78 is 16.4. The van der Waals surface area contributed by atoms with E-state index >= 15 is 0 Å². The van der Waals surface area contributed by atoms with Crippen LogP contribution >= 0.6 is 0 Å². The van der Waals surface area contributed by atoms with Gasteiger partial charge >= 0.3 is 0 Å². The van der Waals surface area contributed by atoms with Crippen LogP contribution in [0.4, 0.5) is 0 Å². The molecule has 1 N–H and O–H groups in total. The minimum atomic E-state index is -0.198. The molecule has 0 aliphatic heterocycles. The standard InChI is InChI=1S/C22H25N3O4/c1-5-27-19-12-11-18(13-20(19)28-6-2)14(3)23-21(26)16-7-9-17(10-8-16)22-24-15(4)25-29-22/h7-14H,5-6H2,1-4H3,(H,23,26). The van der Waals surface area contributed by atoms with E-state index in [1.54, 1.807) is 31.2 Å². The van der Waals surface area contributed by atoms with Crippen molar-refractivity contribution < 1.29 is 18.8 Å². The van der Waals surface area contributed by atoms with Gasteiger partial charge in [-0.3, -0.25) is 4.79 Å². The van der Waals surface area contributed by atoms with Crippen molar-refractivity contribution in [1.29, 1.82) is 0 Å². The Bertz CT molecular complexity index is 966. The van der Waals surface area contributed by atoms with Crippen LogP contribution in [-0.4, -0.2) is 29.3 Å². The molecule has 3 rings (SSSR count). The van der Waals surface area contributed by atoms with Gasteiger partial charge in [-0.25, -0.2) is 0 Å². The molecule has 3 aromatic rings. The molecule has 7 heteroatoms. The highest BCUT2D eigenvalue weighted by atomic mass is 16.5. The van der Waals surface area contributed by atoms with Crippen LogP contribution in [-0.2, 0) is 0 Å². The van der Waals surface area contributed by atoms with E-state index in [0.717, 1.165) is 11.1 Å². The quantitative estimate of drug-likeness (QED) is 0.611. The van der Waals surface area contributed by atoms with Gasteiger partial charge in [0.05, 0.1) is 19.3 Å². The van der Waals surface area contributed by atoms with E-state index in [9.17, 15) is 4.79 Å². The summed E-state index contributed by atoms with van der Waals surface area (Å²) in [6, 6.07) is 12.6. The number of ether oxygens (including phenoxy) is 2. The third kappa shape index (κ3) is 4.93. The third-order valence-electron chi connectivity index (χ3n) is 4.34. The van der Waals surface area contributed by atoms with Gasteiger partial charge in [0.2, 0.25) is 0 Å². The minimum Gasteiger partial charge on any atom is -0.490 e. The maximum Gasteiger partial charge on any atom is 0.257 e. The molecule has 29 heavy (non-hydrogen) atoms. The van der Waals surface area contributed by atoms with Crippen molar-refractivity contribution in [2.45, 2.75) is 33.7 Å². The summed E-state index contributed by atoms with van der Waals surface area (Å²) in [5, 5.41) is 6.79. The molecule has 0 radical (unpaired) electrons. The van der Waals surface area contributed by atoms with Gasteiger partial charge in [-0.05, 0) is 69.7 Å². The second-order valence-corrected chi connectivity index (χ2v) is 6.49. The van der Waals surface area contributed by atoms with Crippen LogP contribution in [0.5, 0.6) is 11.5 Å². The van der Waals surface area contributed by atoms with Crippen LogP contribution in [0.15, 0.2) is 47.0 Å². The largest absolute Gasteiger partial charge is 0.490 e. The molecule has 0 saturated carbocycles. The number of nitrogens with one attached hydrogen (secondary N) is 1. The van der Waals surface area contributed by atoms with Crippen LogP contribution in [0.2, 0.25) is 0 Å². The zero-order valence-electron chi connectivity index (χ0n) is 17.1. The predicted molar refractivity (Wildman–Crippen MR) is 109 cm³/mol. The van der Waals surface area contributed by atoms with Gasteiger partial charge in [-0.1, -0.05) is 11.2 Å². The fraction of sp³-hybridized carbons (Fsp3) is 0.318. The van der Waals surface area contributed by atoms with Crippen molar-refractivity contribution in [1.82, 2.24) is 15.5 Å². The smallest absolute Gasteiger partial charge is 0.257 e. The summed E-state index contributed by atoms with van der Waals surface area (Å²) in [6.45, 7) is 8.64. The molecule has 2 aromatic carbocycles. The molecular weight excluding hydrogens is 370 g/mol. The molecule has 0 aliphatic carbocycles. The van der Waals surface area contributed by atoms with Gasteiger partial charge in [0, 0.05) is 11.1 Å². The minimum absolute atomic E-state index is 0.169. The van der Waals surface area contributed by atoms with E-state index in [0.29, 0.717) is 42.0 Å². The molecule has 1 unspecified atom stereocenters. The maximum atomic E-state index is 12.6. The van der Waals surface area contributed by atoms with Gasteiger partial charge < -0.3 is 19.3 Å². The summed E-state index contributed by atoms with van der Waals surface area (Å²) in [5.41, 5.74) is 2.25. The number of carbonyl (C=O) groups excluding carboxylic acids is 1. The number of hydrogen-bond donors (Lipinski definition) is 1. The SMILES string of the molecule is CCOc1ccc(C(C)NC(=O)c2ccc(-c3nc(C)no3)cc2)cc1OCC. The molecule has 1 aromatic heterocycles. The number of amides is 1. The monoisotopic (exact) mass is 395 g/mol. The fourth-order valence-corrected chi connectivity index (χ4v) is 2.88.